The number of carbonyl (C=O) groups excluding carboxylic acids is 2. The Morgan fingerprint density at radius 1 is 1.15 bits per heavy atom. The predicted molar refractivity (Wildman–Crippen MR) is 127 cm³/mol. The van der Waals surface area contributed by atoms with Gasteiger partial charge in [-0.15, -0.1) is 0 Å². The van der Waals surface area contributed by atoms with Gasteiger partial charge in [-0.1, -0.05) is 24.3 Å². The molecule has 2 amide bonds. The standard InChI is InChI=1S/C24H30N4O4S/c1-16(2)28-14-19(24(30)26-31)20(15-28)25-23(29)18-9-7-17(8-10-18)13-27-11-12-33(32)22-6-4-3-5-21(22)27/h3-10,16,19-20,31H,11-15H2,1-2H3,(H,25,29)(H,26,30)/t19-,20+,33?/m0/s1. The summed E-state index contributed by atoms with van der Waals surface area (Å²) in [5, 5.41) is 12.0. The maximum Gasteiger partial charge on any atom is 0.251 e. The summed E-state index contributed by atoms with van der Waals surface area (Å²) in [5.41, 5.74) is 4.29. The van der Waals surface area contributed by atoms with E-state index in [1.807, 2.05) is 50.2 Å². The van der Waals surface area contributed by atoms with Gasteiger partial charge < -0.3 is 14.8 Å². The van der Waals surface area contributed by atoms with Crippen molar-refractivity contribution in [1.29, 1.82) is 0 Å². The van der Waals surface area contributed by atoms with Gasteiger partial charge in [-0.2, -0.15) is 0 Å². The Morgan fingerprint density at radius 3 is 2.58 bits per heavy atom. The monoisotopic (exact) mass is 470 g/mol. The number of para-hydroxylation sites is 1. The number of rotatable bonds is 6. The molecule has 2 aromatic rings. The number of likely N-dealkylation sites (tertiary alicyclic amines) is 1. The first-order valence-corrected chi connectivity index (χ1v) is 12.5. The minimum atomic E-state index is -0.961. The molecule has 4 rings (SSSR count). The summed E-state index contributed by atoms with van der Waals surface area (Å²) in [7, 11) is 0. The second-order valence-electron chi connectivity index (χ2n) is 8.85. The van der Waals surface area contributed by atoms with E-state index in [1.165, 1.54) is 0 Å². The van der Waals surface area contributed by atoms with Gasteiger partial charge in [0, 0.05) is 31.2 Å². The topological polar surface area (TPSA) is 108 Å². The van der Waals surface area contributed by atoms with Crippen LogP contribution in [-0.2, 0) is 22.5 Å². The zero-order valence-electron chi connectivity index (χ0n) is 18.9. The third-order valence-electron chi connectivity index (χ3n) is 6.43. The number of anilines is 1. The van der Waals surface area contributed by atoms with Crippen LogP contribution in [0.4, 0.5) is 5.69 Å². The van der Waals surface area contributed by atoms with Crippen molar-refractivity contribution in [2.75, 3.05) is 30.3 Å². The zero-order chi connectivity index (χ0) is 23.5. The zero-order valence-corrected chi connectivity index (χ0v) is 19.7. The van der Waals surface area contributed by atoms with Crippen molar-refractivity contribution >= 4 is 28.7 Å². The fourth-order valence-corrected chi connectivity index (χ4v) is 5.75. The van der Waals surface area contributed by atoms with Gasteiger partial charge in [0.15, 0.2) is 4.90 Å². The molecule has 1 unspecified atom stereocenters. The van der Waals surface area contributed by atoms with Crippen LogP contribution in [0.1, 0.15) is 29.8 Å². The summed E-state index contributed by atoms with van der Waals surface area (Å²) < 4.78 is 12.3. The number of hydrogen-bond donors (Lipinski definition) is 3. The van der Waals surface area contributed by atoms with E-state index < -0.39 is 23.0 Å². The molecule has 0 aromatic heterocycles. The van der Waals surface area contributed by atoms with Gasteiger partial charge in [0.25, 0.3) is 5.91 Å². The average molecular weight is 471 g/mol. The van der Waals surface area contributed by atoms with E-state index in [0.717, 1.165) is 16.1 Å². The molecule has 0 radical (unpaired) electrons. The van der Waals surface area contributed by atoms with E-state index in [4.69, 9.17) is 5.21 Å². The Kier molecular flexibility index (Phi) is 7.23. The van der Waals surface area contributed by atoms with Crippen LogP contribution in [0.3, 0.4) is 0 Å². The molecule has 2 aliphatic rings. The summed E-state index contributed by atoms with van der Waals surface area (Å²) in [5.74, 6) is -0.631. The molecular weight excluding hydrogens is 440 g/mol. The molecule has 3 atom stereocenters. The molecule has 0 saturated carbocycles. The lowest BCUT2D eigenvalue weighted by molar-refractivity contribution is -0.133. The number of nitrogens with one attached hydrogen (secondary N) is 2. The highest BCUT2D eigenvalue weighted by Crippen LogP contribution is 2.31. The van der Waals surface area contributed by atoms with Crippen molar-refractivity contribution in [3.05, 3.63) is 59.7 Å². The molecule has 2 aromatic carbocycles. The number of benzene rings is 2. The van der Waals surface area contributed by atoms with Crippen LogP contribution in [-0.4, -0.2) is 63.9 Å². The van der Waals surface area contributed by atoms with Crippen LogP contribution in [0.2, 0.25) is 0 Å². The highest BCUT2D eigenvalue weighted by Gasteiger charge is 2.39. The fourth-order valence-electron chi connectivity index (χ4n) is 4.48. The number of fused-ring (bicyclic) bond motifs is 1. The number of nitrogens with zero attached hydrogens (tertiary/aromatic N) is 2. The number of amides is 2. The van der Waals surface area contributed by atoms with Gasteiger partial charge in [-0.05, 0) is 54.9 Å². The van der Waals surface area contributed by atoms with Crippen molar-refractivity contribution in [1.82, 2.24) is 15.7 Å². The molecule has 33 heavy (non-hydrogen) atoms. The Labute approximate surface area is 197 Å². The third-order valence-corrected chi connectivity index (χ3v) is 7.82. The molecule has 0 bridgehead atoms. The first-order chi connectivity index (χ1) is 15.9. The molecular formula is C24H30N4O4S. The lowest BCUT2D eigenvalue weighted by Crippen LogP contribution is -2.45. The van der Waals surface area contributed by atoms with Gasteiger partial charge in [-0.25, -0.2) is 5.48 Å². The van der Waals surface area contributed by atoms with E-state index in [0.29, 0.717) is 37.5 Å². The maximum absolute atomic E-state index is 12.9. The maximum atomic E-state index is 12.9. The minimum Gasteiger partial charge on any atom is -0.611 e. The predicted octanol–water partition coefficient (Wildman–Crippen LogP) is 1.76. The molecule has 1 saturated heterocycles. The Morgan fingerprint density at radius 2 is 1.88 bits per heavy atom. The van der Waals surface area contributed by atoms with Crippen molar-refractivity contribution in [2.24, 2.45) is 5.92 Å². The van der Waals surface area contributed by atoms with Crippen molar-refractivity contribution < 1.29 is 19.3 Å². The van der Waals surface area contributed by atoms with Gasteiger partial charge in [-0.3, -0.25) is 19.7 Å². The summed E-state index contributed by atoms with van der Waals surface area (Å²) >= 11 is -0.961. The van der Waals surface area contributed by atoms with Gasteiger partial charge in [0.1, 0.15) is 5.75 Å². The fraction of sp³-hybridized carbons (Fsp3) is 0.417. The van der Waals surface area contributed by atoms with Crippen LogP contribution >= 0.6 is 0 Å². The lowest BCUT2D eigenvalue weighted by atomic mass is 10.0. The molecule has 3 N–H and O–H groups in total. The summed E-state index contributed by atoms with van der Waals surface area (Å²) in [6, 6.07) is 15.1. The number of hydroxylamine groups is 1. The van der Waals surface area contributed by atoms with Crippen molar-refractivity contribution in [3.63, 3.8) is 0 Å². The molecule has 8 nitrogen and oxygen atoms in total. The van der Waals surface area contributed by atoms with Crippen LogP contribution < -0.4 is 15.7 Å². The number of carbonyl (C=O) groups is 2. The quantitative estimate of drug-likeness (QED) is 0.337. The molecule has 0 aliphatic carbocycles. The lowest BCUT2D eigenvalue weighted by Gasteiger charge is -2.31. The largest absolute Gasteiger partial charge is 0.611 e. The third kappa shape index (κ3) is 5.16. The van der Waals surface area contributed by atoms with E-state index in [2.05, 4.69) is 15.1 Å². The van der Waals surface area contributed by atoms with Crippen LogP contribution in [0.5, 0.6) is 0 Å². The first-order valence-electron chi connectivity index (χ1n) is 11.2. The summed E-state index contributed by atoms with van der Waals surface area (Å²) in [6.07, 6.45) is 0. The second-order valence-corrected chi connectivity index (χ2v) is 10.4. The van der Waals surface area contributed by atoms with Gasteiger partial charge >= 0.3 is 0 Å². The van der Waals surface area contributed by atoms with Crippen LogP contribution in [0.15, 0.2) is 53.4 Å². The Hall–Kier alpha value is -2.59. The normalized spacial score (nSPS) is 22.8. The molecule has 0 spiro atoms. The molecule has 2 heterocycles. The van der Waals surface area contributed by atoms with Gasteiger partial charge in [0.2, 0.25) is 5.91 Å². The van der Waals surface area contributed by atoms with Crippen molar-refractivity contribution in [3.8, 4) is 0 Å². The van der Waals surface area contributed by atoms with Crippen molar-refractivity contribution in [2.45, 2.75) is 37.4 Å². The highest BCUT2D eigenvalue weighted by molar-refractivity contribution is 7.91. The van der Waals surface area contributed by atoms with E-state index >= 15 is 0 Å². The number of hydrogen-bond acceptors (Lipinski definition) is 6. The van der Waals surface area contributed by atoms with E-state index in [9.17, 15) is 14.1 Å². The Balaban J connectivity index is 1.41. The smallest absolute Gasteiger partial charge is 0.251 e. The average Bonchev–Trinajstić information content (AvgIpc) is 3.25. The van der Waals surface area contributed by atoms with Gasteiger partial charge in [0.05, 0.1) is 24.2 Å². The Bertz CT molecular complexity index is 1000. The molecule has 2 aliphatic heterocycles. The highest BCUT2D eigenvalue weighted by atomic mass is 32.2. The molecule has 176 valence electrons. The van der Waals surface area contributed by atoms with Crippen LogP contribution in [0.25, 0.3) is 0 Å². The first kappa shape index (κ1) is 23.6. The SMILES string of the molecule is CC(C)N1C[C@H](C(=O)NO)[C@H](NC(=O)c2ccc(CN3CC[S+]([O-])c4ccccc43)cc2)C1. The van der Waals surface area contributed by atoms with E-state index in [1.54, 1.807) is 17.6 Å². The molecule has 1 fully saturated rings. The summed E-state index contributed by atoms with van der Waals surface area (Å²) in [4.78, 5) is 30.1. The minimum absolute atomic E-state index is 0.234. The van der Waals surface area contributed by atoms with Crippen LogP contribution in [0, 0.1) is 5.92 Å². The second kappa shape index (κ2) is 10.1. The summed E-state index contributed by atoms with van der Waals surface area (Å²) in [6.45, 7) is 6.49. The molecule has 9 heteroatoms. The van der Waals surface area contributed by atoms with E-state index in [-0.39, 0.29) is 18.0 Å².